The predicted molar refractivity (Wildman–Crippen MR) is 68.6 cm³/mol. The number of nitro groups is 1. The Morgan fingerprint density at radius 3 is 2.63 bits per heavy atom. The number of nitro benzene ring substituents is 1. The molecule has 0 heterocycles. The average molecular weight is 263 g/mol. The van der Waals surface area contributed by atoms with Gasteiger partial charge in [0.15, 0.2) is 5.78 Å². The minimum absolute atomic E-state index is 0.132. The van der Waals surface area contributed by atoms with Crippen LogP contribution in [-0.4, -0.2) is 21.8 Å². The Morgan fingerprint density at radius 2 is 2.11 bits per heavy atom. The fraction of sp³-hybridized carbons (Fsp3) is 0.231. The van der Waals surface area contributed by atoms with Crippen LogP contribution in [0.4, 0.5) is 5.69 Å². The number of rotatable bonds is 6. The van der Waals surface area contributed by atoms with E-state index in [4.69, 9.17) is 5.11 Å². The van der Waals surface area contributed by atoms with Gasteiger partial charge in [-0.05, 0) is 18.1 Å². The molecule has 6 nitrogen and oxygen atoms in total. The van der Waals surface area contributed by atoms with Crippen LogP contribution in [0.3, 0.4) is 0 Å². The second-order valence-corrected chi connectivity index (χ2v) is 3.89. The molecule has 0 unspecified atom stereocenters. The third-order valence-electron chi connectivity index (χ3n) is 2.40. The summed E-state index contributed by atoms with van der Waals surface area (Å²) in [5.74, 6) is -1.81. The fourth-order valence-corrected chi connectivity index (χ4v) is 1.52. The molecule has 100 valence electrons. The summed E-state index contributed by atoms with van der Waals surface area (Å²) in [7, 11) is 0. The maximum Gasteiger partial charge on any atom is 0.339 e. The molecule has 1 aromatic carbocycles. The minimum atomic E-state index is -1.33. The van der Waals surface area contributed by atoms with Crippen molar-refractivity contribution in [3.63, 3.8) is 0 Å². The molecule has 0 radical (unpaired) electrons. The van der Waals surface area contributed by atoms with Crippen molar-refractivity contribution >= 4 is 23.5 Å². The quantitative estimate of drug-likeness (QED) is 0.279. The molecule has 0 saturated heterocycles. The first kappa shape index (κ1) is 14.6. The zero-order valence-corrected chi connectivity index (χ0v) is 10.3. The van der Waals surface area contributed by atoms with Crippen molar-refractivity contribution in [3.05, 3.63) is 45.5 Å². The van der Waals surface area contributed by atoms with Crippen molar-refractivity contribution in [2.45, 2.75) is 19.8 Å². The molecule has 19 heavy (non-hydrogen) atoms. The largest absolute Gasteiger partial charge is 0.478 e. The summed E-state index contributed by atoms with van der Waals surface area (Å²) in [4.78, 5) is 32.7. The Labute approximate surface area is 109 Å². The van der Waals surface area contributed by atoms with Crippen LogP contribution in [0, 0.1) is 10.1 Å². The highest BCUT2D eigenvalue weighted by Crippen LogP contribution is 2.17. The molecule has 1 rings (SSSR count). The van der Waals surface area contributed by atoms with Gasteiger partial charge in [0.25, 0.3) is 5.69 Å². The van der Waals surface area contributed by atoms with Gasteiger partial charge in [0.2, 0.25) is 0 Å². The summed E-state index contributed by atoms with van der Waals surface area (Å²) in [5, 5.41) is 19.6. The lowest BCUT2D eigenvalue weighted by Crippen LogP contribution is -2.11. The molecular formula is C13H13NO5. The summed E-state index contributed by atoms with van der Waals surface area (Å²) in [5.41, 5.74) is -0.195. The van der Waals surface area contributed by atoms with Gasteiger partial charge in [-0.25, -0.2) is 4.79 Å². The van der Waals surface area contributed by atoms with Crippen molar-refractivity contribution < 1.29 is 19.6 Å². The number of nitrogens with zero attached hydrogens (tertiary/aromatic N) is 1. The monoisotopic (exact) mass is 263 g/mol. The first-order chi connectivity index (χ1) is 8.95. The minimum Gasteiger partial charge on any atom is -0.478 e. The number of carbonyl (C=O) groups excluding carboxylic acids is 1. The Bertz CT molecular complexity index is 548. The van der Waals surface area contributed by atoms with E-state index in [-0.39, 0.29) is 17.7 Å². The second kappa shape index (κ2) is 6.44. The molecule has 0 fully saturated rings. The summed E-state index contributed by atoms with van der Waals surface area (Å²) >= 11 is 0. The van der Waals surface area contributed by atoms with Gasteiger partial charge in [0.05, 0.1) is 4.92 Å². The number of carboxylic acids is 1. The number of hydrogen-bond donors (Lipinski definition) is 1. The van der Waals surface area contributed by atoms with Crippen LogP contribution in [0.1, 0.15) is 25.3 Å². The summed E-state index contributed by atoms with van der Waals surface area (Å²) < 4.78 is 0. The van der Waals surface area contributed by atoms with Gasteiger partial charge in [-0.1, -0.05) is 19.1 Å². The van der Waals surface area contributed by atoms with Crippen molar-refractivity contribution in [2.24, 2.45) is 0 Å². The molecule has 0 atom stereocenters. The Kier molecular flexibility index (Phi) is 4.93. The molecule has 1 N–H and O–H groups in total. The van der Waals surface area contributed by atoms with E-state index in [1.165, 1.54) is 24.3 Å². The number of Topliss-reactive ketones (excluding diaryl/α,β-unsaturated/α-hetero) is 1. The molecule has 1 aromatic rings. The number of hydrogen-bond acceptors (Lipinski definition) is 4. The third-order valence-corrected chi connectivity index (χ3v) is 2.40. The fourth-order valence-electron chi connectivity index (χ4n) is 1.52. The van der Waals surface area contributed by atoms with Crippen molar-refractivity contribution in [1.29, 1.82) is 0 Å². The van der Waals surface area contributed by atoms with E-state index < -0.39 is 16.7 Å². The van der Waals surface area contributed by atoms with E-state index >= 15 is 0 Å². The van der Waals surface area contributed by atoms with Crippen LogP contribution in [0.15, 0.2) is 29.8 Å². The molecule has 0 aliphatic carbocycles. The van der Waals surface area contributed by atoms with E-state index in [2.05, 4.69) is 0 Å². The first-order valence-electron chi connectivity index (χ1n) is 5.68. The van der Waals surface area contributed by atoms with Crippen LogP contribution in [0.5, 0.6) is 0 Å². The summed E-state index contributed by atoms with van der Waals surface area (Å²) in [6.07, 6.45) is 1.83. The molecule has 0 bridgehead atoms. The van der Waals surface area contributed by atoms with E-state index in [0.29, 0.717) is 12.0 Å². The van der Waals surface area contributed by atoms with Crippen LogP contribution in [0.25, 0.3) is 6.08 Å². The number of carbonyl (C=O) groups is 2. The lowest BCUT2D eigenvalue weighted by atomic mass is 10.0. The standard InChI is InChI=1S/C13H13NO5/c1-2-4-12(15)11(13(16)17)8-9-5-3-6-10(7-9)14(18)19/h3,5-8H,2,4H2,1H3,(H,16,17)/b11-8+. The first-order valence-corrected chi connectivity index (χ1v) is 5.68. The number of benzene rings is 1. The van der Waals surface area contributed by atoms with E-state index in [1.807, 2.05) is 0 Å². The lowest BCUT2D eigenvalue weighted by Gasteiger charge is -2.01. The molecular weight excluding hydrogens is 250 g/mol. The van der Waals surface area contributed by atoms with Gasteiger partial charge in [0, 0.05) is 18.6 Å². The molecule has 0 spiro atoms. The number of carboxylic acid groups (broad SMARTS) is 1. The lowest BCUT2D eigenvalue weighted by molar-refractivity contribution is -0.384. The second-order valence-electron chi connectivity index (χ2n) is 3.89. The zero-order chi connectivity index (χ0) is 14.4. The normalized spacial score (nSPS) is 11.1. The highest BCUT2D eigenvalue weighted by Gasteiger charge is 2.16. The van der Waals surface area contributed by atoms with Gasteiger partial charge in [-0.15, -0.1) is 0 Å². The number of ketones is 1. The molecule has 6 heteroatoms. The van der Waals surface area contributed by atoms with Crippen molar-refractivity contribution in [3.8, 4) is 0 Å². The van der Waals surface area contributed by atoms with Crippen molar-refractivity contribution in [2.75, 3.05) is 0 Å². The van der Waals surface area contributed by atoms with Gasteiger partial charge < -0.3 is 5.11 Å². The van der Waals surface area contributed by atoms with Crippen LogP contribution in [0.2, 0.25) is 0 Å². The van der Waals surface area contributed by atoms with E-state index in [9.17, 15) is 19.7 Å². The zero-order valence-electron chi connectivity index (χ0n) is 10.3. The molecule has 0 saturated carbocycles. The van der Waals surface area contributed by atoms with Crippen molar-refractivity contribution in [1.82, 2.24) is 0 Å². The average Bonchev–Trinajstić information content (AvgIpc) is 2.36. The maximum atomic E-state index is 11.6. The Morgan fingerprint density at radius 1 is 1.42 bits per heavy atom. The number of non-ortho nitro benzene ring substituents is 1. The highest BCUT2D eigenvalue weighted by atomic mass is 16.6. The number of aliphatic carboxylic acids is 1. The van der Waals surface area contributed by atoms with Gasteiger partial charge in [-0.2, -0.15) is 0 Å². The van der Waals surface area contributed by atoms with Crippen LogP contribution < -0.4 is 0 Å². The SMILES string of the molecule is CCCC(=O)/C(=C\c1cccc([N+](=O)[O-])c1)C(=O)O. The summed E-state index contributed by atoms with van der Waals surface area (Å²) in [6.45, 7) is 1.77. The molecule has 0 aliphatic rings. The topological polar surface area (TPSA) is 97.5 Å². The van der Waals surface area contributed by atoms with Gasteiger partial charge >= 0.3 is 5.97 Å². The third kappa shape index (κ3) is 4.02. The Hall–Kier alpha value is -2.50. The van der Waals surface area contributed by atoms with Gasteiger partial charge in [-0.3, -0.25) is 14.9 Å². The molecule has 0 amide bonds. The predicted octanol–water partition coefficient (Wildman–Crippen LogP) is 2.43. The molecule has 0 aliphatic heterocycles. The van der Waals surface area contributed by atoms with Gasteiger partial charge in [0.1, 0.15) is 5.57 Å². The maximum absolute atomic E-state index is 11.6. The molecule has 0 aromatic heterocycles. The van der Waals surface area contributed by atoms with Crippen LogP contribution >= 0.6 is 0 Å². The van der Waals surface area contributed by atoms with Crippen LogP contribution in [-0.2, 0) is 9.59 Å². The highest BCUT2D eigenvalue weighted by molar-refractivity contribution is 6.20. The Balaban J connectivity index is 3.15. The van der Waals surface area contributed by atoms with E-state index in [1.54, 1.807) is 6.92 Å². The summed E-state index contributed by atoms with van der Waals surface area (Å²) in [6, 6.07) is 5.47. The van der Waals surface area contributed by atoms with E-state index in [0.717, 1.165) is 6.08 Å². The smallest absolute Gasteiger partial charge is 0.339 e.